The van der Waals surface area contributed by atoms with Crippen LogP contribution in [0.2, 0.25) is 0 Å². The molecule has 12 heavy (non-hydrogen) atoms. The zero-order valence-corrected chi connectivity index (χ0v) is 6.52. The highest BCUT2D eigenvalue weighted by atomic mass is 16.5. The van der Waals surface area contributed by atoms with Crippen molar-refractivity contribution in [3.63, 3.8) is 0 Å². The van der Waals surface area contributed by atoms with E-state index in [1.807, 2.05) is 12.5 Å². The van der Waals surface area contributed by atoms with Crippen LogP contribution in [0.3, 0.4) is 0 Å². The molecule has 0 fully saturated rings. The Labute approximate surface area is 68.6 Å². The molecule has 0 aliphatic heterocycles. The van der Waals surface area contributed by atoms with E-state index in [9.17, 15) is 0 Å². The van der Waals surface area contributed by atoms with E-state index in [1.54, 1.807) is 23.1 Å². The predicted molar refractivity (Wildman–Crippen MR) is 43.9 cm³/mol. The molecule has 0 radical (unpaired) electrons. The summed E-state index contributed by atoms with van der Waals surface area (Å²) in [5, 5.41) is 13.6. The first-order valence-electron chi connectivity index (χ1n) is 3.49. The summed E-state index contributed by atoms with van der Waals surface area (Å²) in [5.41, 5.74) is 2.92. The van der Waals surface area contributed by atoms with Crippen LogP contribution in [0, 0.1) is 0 Å². The smallest absolute Gasteiger partial charge is 0.151 e. The second kappa shape index (κ2) is 2.46. The highest BCUT2D eigenvalue weighted by molar-refractivity contribution is 5.79. The molecule has 0 aliphatic rings. The van der Waals surface area contributed by atoms with Gasteiger partial charge in [-0.05, 0) is 0 Å². The van der Waals surface area contributed by atoms with E-state index in [2.05, 4.69) is 10.1 Å². The van der Waals surface area contributed by atoms with Crippen molar-refractivity contribution in [3.8, 4) is 0 Å². The van der Waals surface area contributed by atoms with Crippen LogP contribution in [0.1, 0.15) is 0 Å². The molecule has 5 nitrogen and oxygen atoms in total. The largest absolute Gasteiger partial charge is 0.290 e. The molecular formula is C7H8N4O. The molecule has 0 amide bonds. The number of aryl methyl sites for hydroxylation is 1. The minimum absolute atomic E-state index is 0.422. The van der Waals surface area contributed by atoms with Crippen LogP contribution in [0.25, 0.3) is 10.9 Å². The fourth-order valence-electron chi connectivity index (χ4n) is 1.11. The van der Waals surface area contributed by atoms with E-state index in [-0.39, 0.29) is 0 Å². The Kier molecular flexibility index (Phi) is 1.44. The molecule has 0 atom stereocenters. The SMILES string of the molecule is Cn1ncc2cnc(NO)cc21. The normalized spacial score (nSPS) is 10.5. The summed E-state index contributed by atoms with van der Waals surface area (Å²) in [7, 11) is 1.84. The summed E-state index contributed by atoms with van der Waals surface area (Å²) in [4.78, 5) is 3.92. The summed E-state index contributed by atoms with van der Waals surface area (Å²) >= 11 is 0. The number of pyridine rings is 1. The van der Waals surface area contributed by atoms with Crippen LogP contribution in [0.4, 0.5) is 5.82 Å². The van der Waals surface area contributed by atoms with Crippen molar-refractivity contribution in [2.45, 2.75) is 0 Å². The Morgan fingerprint density at radius 1 is 1.50 bits per heavy atom. The van der Waals surface area contributed by atoms with E-state index >= 15 is 0 Å². The molecule has 2 aromatic heterocycles. The Morgan fingerprint density at radius 2 is 2.33 bits per heavy atom. The summed E-state index contributed by atoms with van der Waals surface area (Å²) in [5.74, 6) is 0.422. The van der Waals surface area contributed by atoms with Gasteiger partial charge in [-0.15, -0.1) is 0 Å². The van der Waals surface area contributed by atoms with Crippen LogP contribution < -0.4 is 5.48 Å². The first kappa shape index (κ1) is 7.05. The molecule has 5 heteroatoms. The maximum Gasteiger partial charge on any atom is 0.151 e. The minimum atomic E-state index is 0.422. The van der Waals surface area contributed by atoms with Crippen molar-refractivity contribution in [1.29, 1.82) is 0 Å². The molecule has 0 unspecified atom stereocenters. The topological polar surface area (TPSA) is 63.0 Å². The first-order chi connectivity index (χ1) is 5.81. The Bertz CT molecular complexity index is 409. The fourth-order valence-corrected chi connectivity index (χ4v) is 1.11. The van der Waals surface area contributed by atoms with Crippen LogP contribution in [-0.4, -0.2) is 20.0 Å². The van der Waals surface area contributed by atoms with E-state index in [0.29, 0.717) is 5.82 Å². The van der Waals surface area contributed by atoms with Crippen molar-refractivity contribution >= 4 is 16.7 Å². The number of fused-ring (bicyclic) bond motifs is 1. The average Bonchev–Trinajstić information content (AvgIpc) is 2.47. The third-order valence-electron chi connectivity index (χ3n) is 1.75. The van der Waals surface area contributed by atoms with Gasteiger partial charge in [0.15, 0.2) is 5.82 Å². The van der Waals surface area contributed by atoms with Crippen LogP contribution in [-0.2, 0) is 7.05 Å². The van der Waals surface area contributed by atoms with Crippen LogP contribution >= 0.6 is 0 Å². The third-order valence-corrected chi connectivity index (χ3v) is 1.75. The molecule has 0 spiro atoms. The van der Waals surface area contributed by atoms with Gasteiger partial charge in [-0.3, -0.25) is 15.4 Å². The quantitative estimate of drug-likeness (QED) is 0.611. The summed E-state index contributed by atoms with van der Waals surface area (Å²) < 4.78 is 1.72. The molecule has 0 bridgehead atoms. The van der Waals surface area contributed by atoms with E-state index in [1.165, 1.54) is 0 Å². The highest BCUT2D eigenvalue weighted by Gasteiger charge is 2.00. The number of nitrogens with zero attached hydrogens (tertiary/aromatic N) is 3. The zero-order valence-electron chi connectivity index (χ0n) is 6.52. The molecule has 2 rings (SSSR count). The third kappa shape index (κ3) is 0.911. The monoisotopic (exact) mass is 164 g/mol. The Morgan fingerprint density at radius 3 is 3.08 bits per heavy atom. The summed E-state index contributed by atoms with van der Waals surface area (Å²) in [6, 6.07) is 1.72. The van der Waals surface area contributed by atoms with E-state index in [0.717, 1.165) is 10.9 Å². The number of nitrogens with one attached hydrogen (secondary N) is 1. The van der Waals surface area contributed by atoms with Gasteiger partial charge < -0.3 is 0 Å². The molecule has 0 saturated heterocycles. The molecule has 2 heterocycles. The van der Waals surface area contributed by atoms with Gasteiger partial charge in [0.05, 0.1) is 11.7 Å². The second-order valence-electron chi connectivity index (χ2n) is 2.51. The van der Waals surface area contributed by atoms with Gasteiger partial charge in [-0.1, -0.05) is 0 Å². The zero-order chi connectivity index (χ0) is 8.55. The first-order valence-corrected chi connectivity index (χ1v) is 3.49. The number of hydrogen-bond donors (Lipinski definition) is 2. The maximum absolute atomic E-state index is 8.58. The van der Waals surface area contributed by atoms with Crippen molar-refractivity contribution in [2.24, 2.45) is 7.05 Å². The van der Waals surface area contributed by atoms with Crippen molar-refractivity contribution in [1.82, 2.24) is 14.8 Å². The van der Waals surface area contributed by atoms with Gasteiger partial charge in [0, 0.05) is 24.7 Å². The lowest BCUT2D eigenvalue weighted by molar-refractivity contribution is 0.386. The lowest BCUT2D eigenvalue weighted by Gasteiger charge is -1.97. The second-order valence-corrected chi connectivity index (χ2v) is 2.51. The predicted octanol–water partition coefficient (Wildman–Crippen LogP) is 0.769. The van der Waals surface area contributed by atoms with Gasteiger partial charge in [-0.2, -0.15) is 5.10 Å². The molecule has 0 aliphatic carbocycles. The highest BCUT2D eigenvalue weighted by Crippen LogP contribution is 2.14. The fraction of sp³-hybridized carbons (Fsp3) is 0.143. The molecule has 2 N–H and O–H groups in total. The van der Waals surface area contributed by atoms with Crippen LogP contribution in [0.5, 0.6) is 0 Å². The molecule has 62 valence electrons. The van der Waals surface area contributed by atoms with Gasteiger partial charge in [0.2, 0.25) is 0 Å². The molecular weight excluding hydrogens is 156 g/mol. The minimum Gasteiger partial charge on any atom is -0.290 e. The standard InChI is InChI=1S/C7H8N4O/c1-11-6-2-7(10-12)8-3-5(6)4-9-11/h2-4,12H,1H3,(H,8,10). The molecule has 0 aromatic carbocycles. The van der Waals surface area contributed by atoms with Crippen molar-refractivity contribution < 1.29 is 5.21 Å². The lowest BCUT2D eigenvalue weighted by atomic mass is 10.3. The summed E-state index contributed by atoms with van der Waals surface area (Å²) in [6.45, 7) is 0. The van der Waals surface area contributed by atoms with E-state index in [4.69, 9.17) is 5.21 Å². The van der Waals surface area contributed by atoms with Gasteiger partial charge in [0.1, 0.15) is 0 Å². The summed E-state index contributed by atoms with van der Waals surface area (Å²) in [6.07, 6.45) is 3.38. The van der Waals surface area contributed by atoms with Crippen molar-refractivity contribution in [2.75, 3.05) is 5.48 Å². The van der Waals surface area contributed by atoms with Crippen molar-refractivity contribution in [3.05, 3.63) is 18.5 Å². The van der Waals surface area contributed by atoms with Crippen LogP contribution in [0.15, 0.2) is 18.5 Å². The lowest BCUT2D eigenvalue weighted by Crippen LogP contribution is -1.94. The average molecular weight is 164 g/mol. The number of aromatic nitrogens is 3. The van der Waals surface area contributed by atoms with Gasteiger partial charge in [-0.25, -0.2) is 4.98 Å². The number of hydrogen-bond acceptors (Lipinski definition) is 4. The Balaban J connectivity index is 2.71. The number of anilines is 1. The van der Waals surface area contributed by atoms with E-state index < -0.39 is 0 Å². The number of rotatable bonds is 1. The molecule has 0 saturated carbocycles. The Hall–Kier alpha value is -1.62. The van der Waals surface area contributed by atoms with Gasteiger partial charge in [0.25, 0.3) is 0 Å². The van der Waals surface area contributed by atoms with Gasteiger partial charge >= 0.3 is 0 Å². The maximum atomic E-state index is 8.58. The molecule has 2 aromatic rings.